The standard InChI is InChI=1S/C16H23NO4/c1-9-12-7-6-11(14(18)19)8-13(12)10(2)17(9)15(20)21-16(3,4)5/h6-10,14,18-19H,1-5H3. The van der Waals surface area contributed by atoms with E-state index in [1.807, 2.05) is 40.7 Å². The van der Waals surface area contributed by atoms with Crippen LogP contribution >= 0.6 is 0 Å². The lowest BCUT2D eigenvalue weighted by molar-refractivity contribution is -0.0425. The Labute approximate surface area is 125 Å². The van der Waals surface area contributed by atoms with Gasteiger partial charge in [-0.1, -0.05) is 12.1 Å². The lowest BCUT2D eigenvalue weighted by Crippen LogP contribution is -2.36. The van der Waals surface area contributed by atoms with E-state index in [4.69, 9.17) is 4.74 Å². The fourth-order valence-corrected chi connectivity index (χ4v) is 2.76. The highest BCUT2D eigenvalue weighted by molar-refractivity contribution is 5.71. The number of hydrogen-bond donors (Lipinski definition) is 2. The molecule has 5 heteroatoms. The zero-order chi connectivity index (χ0) is 15.9. The van der Waals surface area contributed by atoms with Gasteiger partial charge in [0.1, 0.15) is 5.60 Å². The van der Waals surface area contributed by atoms with Gasteiger partial charge in [-0.25, -0.2) is 4.79 Å². The van der Waals surface area contributed by atoms with Crippen LogP contribution in [-0.4, -0.2) is 26.8 Å². The SMILES string of the molecule is CC1c2ccc(C(O)O)cc2C(C)N1C(=O)OC(C)(C)C. The molecule has 0 fully saturated rings. The van der Waals surface area contributed by atoms with Crippen LogP contribution in [0, 0.1) is 0 Å². The van der Waals surface area contributed by atoms with E-state index in [2.05, 4.69) is 0 Å². The maximum absolute atomic E-state index is 12.4. The molecule has 5 nitrogen and oxygen atoms in total. The predicted octanol–water partition coefficient (Wildman–Crippen LogP) is 3.04. The van der Waals surface area contributed by atoms with E-state index >= 15 is 0 Å². The average molecular weight is 293 g/mol. The van der Waals surface area contributed by atoms with Gasteiger partial charge in [-0.2, -0.15) is 0 Å². The summed E-state index contributed by atoms with van der Waals surface area (Å²) in [6.45, 7) is 9.37. The molecule has 0 aromatic heterocycles. The topological polar surface area (TPSA) is 70.0 Å². The Morgan fingerprint density at radius 1 is 1.19 bits per heavy atom. The summed E-state index contributed by atoms with van der Waals surface area (Å²) in [5.41, 5.74) is 1.83. The highest BCUT2D eigenvalue weighted by Gasteiger charge is 2.38. The zero-order valence-electron chi connectivity index (χ0n) is 13.1. The van der Waals surface area contributed by atoms with Crippen molar-refractivity contribution >= 4 is 6.09 Å². The highest BCUT2D eigenvalue weighted by Crippen LogP contribution is 2.43. The Bertz CT molecular complexity index is 548. The van der Waals surface area contributed by atoms with Crippen LogP contribution in [0.2, 0.25) is 0 Å². The molecule has 116 valence electrons. The number of hydrogen-bond acceptors (Lipinski definition) is 4. The van der Waals surface area contributed by atoms with Gasteiger partial charge in [-0.3, -0.25) is 4.90 Å². The Morgan fingerprint density at radius 3 is 2.29 bits per heavy atom. The van der Waals surface area contributed by atoms with Crippen molar-refractivity contribution in [2.24, 2.45) is 0 Å². The Balaban J connectivity index is 2.31. The Hall–Kier alpha value is -1.59. The molecule has 1 aromatic carbocycles. The second-order valence-electron chi connectivity index (χ2n) is 6.50. The molecular weight excluding hydrogens is 270 g/mol. The summed E-state index contributed by atoms with van der Waals surface area (Å²) in [5, 5.41) is 18.6. The van der Waals surface area contributed by atoms with Crippen molar-refractivity contribution in [3.8, 4) is 0 Å². The van der Waals surface area contributed by atoms with E-state index in [9.17, 15) is 15.0 Å². The van der Waals surface area contributed by atoms with Crippen molar-refractivity contribution < 1.29 is 19.7 Å². The van der Waals surface area contributed by atoms with Gasteiger partial charge in [-0.05, 0) is 51.8 Å². The lowest BCUT2D eigenvalue weighted by Gasteiger charge is -2.30. The van der Waals surface area contributed by atoms with Crippen molar-refractivity contribution in [3.05, 3.63) is 34.9 Å². The van der Waals surface area contributed by atoms with Crippen LogP contribution < -0.4 is 0 Å². The maximum atomic E-state index is 12.4. The van der Waals surface area contributed by atoms with E-state index in [-0.39, 0.29) is 18.2 Å². The van der Waals surface area contributed by atoms with Crippen LogP contribution in [-0.2, 0) is 4.74 Å². The monoisotopic (exact) mass is 293 g/mol. The first-order chi connectivity index (χ1) is 9.61. The Kier molecular flexibility index (Phi) is 4.00. The maximum Gasteiger partial charge on any atom is 0.411 e. The second-order valence-corrected chi connectivity index (χ2v) is 6.50. The van der Waals surface area contributed by atoms with Gasteiger partial charge in [0.25, 0.3) is 0 Å². The minimum Gasteiger partial charge on any atom is -0.444 e. The van der Waals surface area contributed by atoms with Gasteiger partial charge in [0.15, 0.2) is 6.29 Å². The number of benzene rings is 1. The van der Waals surface area contributed by atoms with Gasteiger partial charge >= 0.3 is 6.09 Å². The van der Waals surface area contributed by atoms with Crippen LogP contribution in [0.4, 0.5) is 4.79 Å². The number of rotatable bonds is 1. The minimum atomic E-state index is -1.51. The number of carbonyl (C=O) groups excluding carboxylic acids is 1. The molecule has 1 aliphatic heterocycles. The first-order valence-corrected chi connectivity index (χ1v) is 7.13. The average Bonchev–Trinajstić information content (AvgIpc) is 2.59. The van der Waals surface area contributed by atoms with Crippen molar-refractivity contribution in [3.63, 3.8) is 0 Å². The molecule has 2 atom stereocenters. The van der Waals surface area contributed by atoms with Gasteiger partial charge < -0.3 is 14.9 Å². The van der Waals surface area contributed by atoms with Gasteiger partial charge in [0, 0.05) is 5.56 Å². The third-order valence-electron chi connectivity index (χ3n) is 3.75. The van der Waals surface area contributed by atoms with Crippen molar-refractivity contribution in [1.82, 2.24) is 4.90 Å². The molecule has 2 N–H and O–H groups in total. The van der Waals surface area contributed by atoms with E-state index in [1.54, 1.807) is 17.0 Å². The fourth-order valence-electron chi connectivity index (χ4n) is 2.76. The number of aliphatic hydroxyl groups is 2. The summed E-state index contributed by atoms with van der Waals surface area (Å²) < 4.78 is 5.46. The molecule has 1 aromatic rings. The number of aliphatic hydroxyl groups excluding tert-OH is 1. The minimum absolute atomic E-state index is 0.102. The summed E-state index contributed by atoms with van der Waals surface area (Å²) in [7, 11) is 0. The molecule has 2 rings (SSSR count). The lowest BCUT2D eigenvalue weighted by atomic mass is 10.00. The van der Waals surface area contributed by atoms with Gasteiger partial charge in [0.05, 0.1) is 12.1 Å². The fraction of sp³-hybridized carbons (Fsp3) is 0.562. The summed E-state index contributed by atoms with van der Waals surface area (Å²) >= 11 is 0. The summed E-state index contributed by atoms with van der Waals surface area (Å²) in [5.74, 6) is 0. The quantitative estimate of drug-likeness (QED) is 0.781. The molecular formula is C16H23NO4. The van der Waals surface area contributed by atoms with Crippen LogP contribution in [0.5, 0.6) is 0 Å². The van der Waals surface area contributed by atoms with Crippen molar-refractivity contribution in [2.75, 3.05) is 0 Å². The molecule has 2 unspecified atom stereocenters. The molecule has 1 heterocycles. The largest absolute Gasteiger partial charge is 0.444 e. The smallest absolute Gasteiger partial charge is 0.411 e. The predicted molar refractivity (Wildman–Crippen MR) is 78.5 cm³/mol. The van der Waals surface area contributed by atoms with Crippen LogP contribution in [0.25, 0.3) is 0 Å². The second kappa shape index (κ2) is 5.31. The normalized spacial score (nSPS) is 21.6. The molecule has 1 aliphatic rings. The molecule has 0 bridgehead atoms. The number of fused-ring (bicyclic) bond motifs is 1. The van der Waals surface area contributed by atoms with Crippen LogP contribution in [0.1, 0.15) is 69.7 Å². The summed E-state index contributed by atoms with van der Waals surface area (Å²) in [6.07, 6.45) is -1.86. The number of nitrogens with zero attached hydrogens (tertiary/aromatic N) is 1. The van der Waals surface area contributed by atoms with Crippen LogP contribution in [0.15, 0.2) is 18.2 Å². The number of ether oxygens (including phenoxy) is 1. The Morgan fingerprint density at radius 2 is 1.76 bits per heavy atom. The molecule has 0 saturated carbocycles. The molecule has 0 radical (unpaired) electrons. The summed E-state index contributed by atoms with van der Waals surface area (Å²) in [4.78, 5) is 14.1. The molecule has 0 aliphatic carbocycles. The zero-order valence-corrected chi connectivity index (χ0v) is 13.1. The van der Waals surface area contributed by atoms with Crippen molar-refractivity contribution in [1.29, 1.82) is 0 Å². The third kappa shape index (κ3) is 3.04. The highest BCUT2D eigenvalue weighted by atomic mass is 16.6. The molecule has 0 saturated heterocycles. The number of carbonyl (C=O) groups is 1. The van der Waals surface area contributed by atoms with E-state index < -0.39 is 11.9 Å². The number of amides is 1. The molecule has 1 amide bonds. The van der Waals surface area contributed by atoms with Gasteiger partial charge in [-0.15, -0.1) is 0 Å². The molecule has 21 heavy (non-hydrogen) atoms. The molecule has 0 spiro atoms. The van der Waals surface area contributed by atoms with Crippen molar-refractivity contribution in [2.45, 2.75) is 58.6 Å². The first kappa shape index (κ1) is 15.8. The van der Waals surface area contributed by atoms with Crippen LogP contribution in [0.3, 0.4) is 0 Å². The first-order valence-electron chi connectivity index (χ1n) is 7.13. The van der Waals surface area contributed by atoms with E-state index in [1.165, 1.54) is 0 Å². The van der Waals surface area contributed by atoms with E-state index in [0.717, 1.165) is 11.1 Å². The summed E-state index contributed by atoms with van der Waals surface area (Å²) in [6, 6.07) is 4.99. The van der Waals surface area contributed by atoms with E-state index in [0.29, 0.717) is 5.56 Å². The van der Waals surface area contributed by atoms with Gasteiger partial charge in [0.2, 0.25) is 0 Å². The third-order valence-corrected chi connectivity index (χ3v) is 3.75.